The van der Waals surface area contributed by atoms with Gasteiger partial charge in [0, 0.05) is 19.5 Å². The summed E-state index contributed by atoms with van der Waals surface area (Å²) in [4.78, 5) is 18.1. The summed E-state index contributed by atoms with van der Waals surface area (Å²) in [6.07, 6.45) is 8.47. The summed E-state index contributed by atoms with van der Waals surface area (Å²) < 4.78 is 28.6. The first-order valence-corrected chi connectivity index (χ1v) is 12.2. The molecule has 0 bridgehead atoms. The van der Waals surface area contributed by atoms with E-state index in [-0.39, 0.29) is 22.9 Å². The van der Waals surface area contributed by atoms with Crippen LogP contribution in [0, 0.1) is 6.92 Å². The molecule has 7 heteroatoms. The van der Waals surface area contributed by atoms with E-state index in [1.54, 1.807) is 17.2 Å². The van der Waals surface area contributed by atoms with Crippen LogP contribution in [0.15, 0.2) is 48.3 Å². The molecule has 1 heterocycles. The molecule has 30 heavy (non-hydrogen) atoms. The number of imidazole rings is 1. The van der Waals surface area contributed by atoms with Gasteiger partial charge >= 0.3 is 0 Å². The van der Waals surface area contributed by atoms with Gasteiger partial charge in [-0.05, 0) is 25.3 Å². The molecule has 1 aliphatic rings. The van der Waals surface area contributed by atoms with Gasteiger partial charge in [0.05, 0.1) is 24.2 Å². The van der Waals surface area contributed by atoms with Crippen LogP contribution < -0.4 is 0 Å². The van der Waals surface area contributed by atoms with Gasteiger partial charge in [0.15, 0.2) is 0 Å². The van der Waals surface area contributed by atoms with Crippen molar-refractivity contribution in [1.29, 1.82) is 0 Å². The molecule has 0 radical (unpaired) electrons. The zero-order chi connectivity index (χ0) is 21.7. The largest absolute Gasteiger partial charge is 0.333 e. The number of rotatable bonds is 8. The third kappa shape index (κ3) is 5.19. The van der Waals surface area contributed by atoms with E-state index in [1.165, 1.54) is 13.3 Å². The molecule has 1 amide bonds. The molecule has 3 rings (SSSR count). The van der Waals surface area contributed by atoms with E-state index < -0.39 is 9.84 Å². The predicted molar refractivity (Wildman–Crippen MR) is 118 cm³/mol. The van der Waals surface area contributed by atoms with Crippen molar-refractivity contribution < 1.29 is 13.2 Å². The van der Waals surface area contributed by atoms with Crippen LogP contribution in [-0.2, 0) is 26.9 Å². The van der Waals surface area contributed by atoms with E-state index in [1.807, 2.05) is 35.8 Å². The molecule has 0 saturated heterocycles. The van der Waals surface area contributed by atoms with Crippen LogP contribution >= 0.6 is 0 Å². The minimum Gasteiger partial charge on any atom is -0.333 e. The average Bonchev–Trinajstić information content (AvgIpc) is 3.12. The molecule has 1 saturated carbocycles. The summed E-state index contributed by atoms with van der Waals surface area (Å²) in [6, 6.07) is 7.65. The molecular weight excluding hydrogens is 398 g/mol. The van der Waals surface area contributed by atoms with Gasteiger partial charge in [-0.15, -0.1) is 6.58 Å². The Bertz CT molecular complexity index is 1000. The number of hydrogen-bond donors (Lipinski definition) is 0. The average molecular weight is 430 g/mol. The highest BCUT2D eigenvalue weighted by molar-refractivity contribution is 7.90. The lowest BCUT2D eigenvalue weighted by Gasteiger charge is -2.28. The molecule has 2 aromatic rings. The summed E-state index contributed by atoms with van der Waals surface area (Å²) >= 11 is 0. The zero-order valence-corrected chi connectivity index (χ0v) is 18.7. The van der Waals surface area contributed by atoms with Crippen LogP contribution in [0.4, 0.5) is 0 Å². The van der Waals surface area contributed by atoms with E-state index in [9.17, 15) is 13.2 Å². The van der Waals surface area contributed by atoms with Crippen LogP contribution in [0.25, 0.3) is 0 Å². The van der Waals surface area contributed by atoms with Gasteiger partial charge in [-0.2, -0.15) is 0 Å². The Balaban J connectivity index is 1.99. The number of hydrogen-bond acceptors (Lipinski definition) is 4. The van der Waals surface area contributed by atoms with Gasteiger partial charge in [-0.3, -0.25) is 4.79 Å². The summed E-state index contributed by atoms with van der Waals surface area (Å²) in [5, 5.41) is 0.119. The molecule has 0 spiro atoms. The van der Waals surface area contributed by atoms with Crippen molar-refractivity contribution >= 4 is 15.7 Å². The third-order valence-corrected chi connectivity index (χ3v) is 7.22. The Labute approximate surface area is 179 Å². The van der Waals surface area contributed by atoms with Gasteiger partial charge in [0.1, 0.15) is 0 Å². The number of benzene rings is 1. The highest BCUT2D eigenvalue weighted by atomic mass is 32.2. The summed E-state index contributed by atoms with van der Waals surface area (Å²) in [6.45, 7) is 7.93. The second-order valence-electron chi connectivity index (χ2n) is 8.13. The fourth-order valence-electron chi connectivity index (χ4n) is 4.20. The number of nitrogens with zero attached hydrogens (tertiary/aromatic N) is 3. The number of sulfone groups is 1. The van der Waals surface area contributed by atoms with Crippen molar-refractivity contribution in [1.82, 2.24) is 14.5 Å². The molecule has 0 aliphatic heterocycles. The minimum absolute atomic E-state index is 0.0736. The number of aryl methyl sites for hydroxylation is 1. The van der Waals surface area contributed by atoms with Crippen molar-refractivity contribution in [2.45, 2.75) is 69.4 Å². The maximum Gasteiger partial charge on any atom is 0.228 e. The van der Waals surface area contributed by atoms with Crippen LogP contribution in [0.1, 0.15) is 61.9 Å². The molecule has 0 N–H and O–H groups in total. The van der Waals surface area contributed by atoms with Crippen molar-refractivity contribution in [3.8, 4) is 0 Å². The molecule has 1 fully saturated rings. The zero-order valence-electron chi connectivity index (χ0n) is 17.9. The normalized spacial score (nSPS) is 15.1. The second kappa shape index (κ2) is 9.60. The van der Waals surface area contributed by atoms with E-state index in [0.29, 0.717) is 13.1 Å². The van der Waals surface area contributed by atoms with Crippen LogP contribution in [0.3, 0.4) is 0 Å². The number of carbonyl (C=O) groups excluding carboxylic acids is 1. The smallest absolute Gasteiger partial charge is 0.228 e. The molecule has 1 aromatic carbocycles. The Morgan fingerprint density at radius 1 is 1.30 bits per heavy atom. The SMILES string of the molecule is C=CCN(Cc1cnc(S(=O)(=O)Cc2cccc(C)c2)n1C1CCCCC1)C(C)=O. The van der Waals surface area contributed by atoms with E-state index >= 15 is 0 Å². The van der Waals surface area contributed by atoms with Crippen molar-refractivity contribution in [2.24, 2.45) is 0 Å². The first kappa shape index (κ1) is 22.3. The Kier molecular flexibility index (Phi) is 7.13. The summed E-state index contributed by atoms with van der Waals surface area (Å²) in [5.41, 5.74) is 2.55. The van der Waals surface area contributed by atoms with Crippen molar-refractivity contribution in [3.05, 3.63) is 59.9 Å². The van der Waals surface area contributed by atoms with Gasteiger partial charge in [0.25, 0.3) is 0 Å². The predicted octanol–water partition coefficient (Wildman–Crippen LogP) is 4.21. The molecule has 1 aromatic heterocycles. The molecule has 6 nitrogen and oxygen atoms in total. The summed E-state index contributed by atoms with van der Waals surface area (Å²) in [5.74, 6) is -0.156. The Morgan fingerprint density at radius 3 is 2.67 bits per heavy atom. The number of amides is 1. The molecule has 162 valence electrons. The maximum atomic E-state index is 13.4. The second-order valence-corrected chi connectivity index (χ2v) is 10.0. The first-order valence-electron chi connectivity index (χ1n) is 10.5. The van der Waals surface area contributed by atoms with Gasteiger partial charge in [0.2, 0.25) is 20.9 Å². The monoisotopic (exact) mass is 429 g/mol. The molecule has 0 unspecified atom stereocenters. The number of carbonyl (C=O) groups is 1. The lowest BCUT2D eigenvalue weighted by Crippen LogP contribution is -2.30. The molecular formula is C23H31N3O3S. The standard InChI is InChI=1S/C23H31N3O3S/c1-4-13-25(19(3)27)16-22-15-24-23(26(22)21-11-6-5-7-12-21)30(28,29)17-20-10-8-9-18(2)14-20/h4,8-10,14-15,21H,1,5-7,11-13,16-17H2,2-3H3. The van der Waals surface area contributed by atoms with Gasteiger partial charge in [-0.25, -0.2) is 13.4 Å². The Morgan fingerprint density at radius 2 is 2.03 bits per heavy atom. The van der Waals surface area contributed by atoms with Gasteiger partial charge in [-0.1, -0.05) is 55.2 Å². The van der Waals surface area contributed by atoms with E-state index in [0.717, 1.165) is 42.5 Å². The Hall–Kier alpha value is -2.41. The van der Waals surface area contributed by atoms with Crippen LogP contribution in [-0.4, -0.2) is 35.3 Å². The van der Waals surface area contributed by atoms with E-state index in [4.69, 9.17) is 0 Å². The van der Waals surface area contributed by atoms with E-state index in [2.05, 4.69) is 11.6 Å². The fraction of sp³-hybridized carbons (Fsp3) is 0.478. The lowest BCUT2D eigenvalue weighted by molar-refractivity contribution is -0.129. The highest BCUT2D eigenvalue weighted by Crippen LogP contribution is 2.33. The maximum absolute atomic E-state index is 13.4. The number of aromatic nitrogens is 2. The molecule has 0 atom stereocenters. The molecule has 1 aliphatic carbocycles. The third-order valence-electron chi connectivity index (χ3n) is 5.64. The summed E-state index contributed by atoms with van der Waals surface area (Å²) in [7, 11) is -3.63. The van der Waals surface area contributed by atoms with Crippen molar-refractivity contribution in [2.75, 3.05) is 6.54 Å². The topological polar surface area (TPSA) is 72.3 Å². The fourth-order valence-corrected chi connectivity index (χ4v) is 5.72. The van der Waals surface area contributed by atoms with Gasteiger partial charge < -0.3 is 9.47 Å². The van der Waals surface area contributed by atoms with Crippen LogP contribution in [0.5, 0.6) is 0 Å². The minimum atomic E-state index is -3.63. The quantitative estimate of drug-likeness (QED) is 0.590. The lowest BCUT2D eigenvalue weighted by atomic mass is 9.95. The highest BCUT2D eigenvalue weighted by Gasteiger charge is 2.29. The van der Waals surface area contributed by atoms with Crippen molar-refractivity contribution in [3.63, 3.8) is 0 Å². The van der Waals surface area contributed by atoms with Crippen LogP contribution in [0.2, 0.25) is 0 Å². The first-order chi connectivity index (χ1) is 14.3.